The molecule has 3 aromatic rings. The second-order valence-electron chi connectivity index (χ2n) is 4.43. The summed E-state index contributed by atoms with van der Waals surface area (Å²) in [6, 6.07) is 18.7. The topological polar surface area (TPSA) is 59.0 Å². The summed E-state index contributed by atoms with van der Waals surface area (Å²) in [5.74, 6) is 0.606. The van der Waals surface area contributed by atoms with E-state index in [-0.39, 0.29) is 6.03 Å². The molecule has 0 atom stereocenters. The number of hydrogen-bond acceptors (Lipinski definition) is 2. The standard InChI is InChI=1S/C16H14N4O/c21-16(18-13-7-3-1-4-8-13)19-15-11-17-12-20(15)14-9-5-2-6-10-14/h1-12H,(H2,18,19,21). The number of amides is 2. The van der Waals surface area contributed by atoms with Crippen molar-refractivity contribution in [1.82, 2.24) is 9.55 Å². The van der Waals surface area contributed by atoms with Crippen molar-refractivity contribution in [3.8, 4) is 5.69 Å². The van der Waals surface area contributed by atoms with Gasteiger partial charge in [0.2, 0.25) is 0 Å². The summed E-state index contributed by atoms with van der Waals surface area (Å²) in [6.07, 6.45) is 3.27. The van der Waals surface area contributed by atoms with Crippen LogP contribution in [0.5, 0.6) is 0 Å². The summed E-state index contributed by atoms with van der Waals surface area (Å²) in [4.78, 5) is 16.1. The lowest BCUT2D eigenvalue weighted by Crippen LogP contribution is -2.20. The van der Waals surface area contributed by atoms with Crippen LogP contribution in [0.4, 0.5) is 16.3 Å². The Labute approximate surface area is 122 Å². The molecular weight excluding hydrogens is 264 g/mol. The van der Waals surface area contributed by atoms with Crippen LogP contribution in [0.2, 0.25) is 0 Å². The van der Waals surface area contributed by atoms with Gasteiger partial charge in [-0.05, 0) is 24.3 Å². The molecule has 0 aliphatic heterocycles. The van der Waals surface area contributed by atoms with Gasteiger partial charge in [0.05, 0.1) is 6.20 Å². The number of para-hydroxylation sites is 2. The van der Waals surface area contributed by atoms with Crippen molar-refractivity contribution in [3.05, 3.63) is 73.2 Å². The van der Waals surface area contributed by atoms with E-state index in [0.29, 0.717) is 5.82 Å². The van der Waals surface area contributed by atoms with Crippen molar-refractivity contribution in [3.63, 3.8) is 0 Å². The van der Waals surface area contributed by atoms with Crippen molar-refractivity contribution in [1.29, 1.82) is 0 Å². The molecule has 2 amide bonds. The van der Waals surface area contributed by atoms with Crippen molar-refractivity contribution < 1.29 is 4.79 Å². The van der Waals surface area contributed by atoms with E-state index in [2.05, 4.69) is 15.6 Å². The zero-order chi connectivity index (χ0) is 14.5. The van der Waals surface area contributed by atoms with E-state index >= 15 is 0 Å². The number of carbonyl (C=O) groups excluding carboxylic acids is 1. The highest BCUT2D eigenvalue weighted by molar-refractivity contribution is 5.99. The van der Waals surface area contributed by atoms with Crippen LogP contribution in [0, 0.1) is 0 Å². The Hall–Kier alpha value is -3.08. The maximum atomic E-state index is 12.0. The average Bonchev–Trinajstić information content (AvgIpc) is 2.97. The number of anilines is 2. The van der Waals surface area contributed by atoms with E-state index in [1.54, 1.807) is 12.5 Å². The maximum Gasteiger partial charge on any atom is 0.324 e. The number of benzene rings is 2. The fourth-order valence-corrected chi connectivity index (χ4v) is 1.98. The fourth-order valence-electron chi connectivity index (χ4n) is 1.98. The van der Waals surface area contributed by atoms with Gasteiger partial charge < -0.3 is 5.32 Å². The normalized spacial score (nSPS) is 10.1. The Bertz CT molecular complexity index is 722. The van der Waals surface area contributed by atoms with Crippen molar-refractivity contribution in [2.75, 3.05) is 10.6 Å². The molecule has 2 aromatic carbocycles. The van der Waals surface area contributed by atoms with Crippen LogP contribution in [-0.4, -0.2) is 15.6 Å². The van der Waals surface area contributed by atoms with Crippen LogP contribution >= 0.6 is 0 Å². The van der Waals surface area contributed by atoms with E-state index < -0.39 is 0 Å². The third-order valence-electron chi connectivity index (χ3n) is 2.95. The van der Waals surface area contributed by atoms with Crippen LogP contribution in [0.3, 0.4) is 0 Å². The molecule has 0 aliphatic rings. The number of aromatic nitrogens is 2. The number of urea groups is 1. The zero-order valence-corrected chi connectivity index (χ0v) is 11.2. The van der Waals surface area contributed by atoms with Gasteiger partial charge in [0.1, 0.15) is 12.1 Å². The van der Waals surface area contributed by atoms with Gasteiger partial charge >= 0.3 is 6.03 Å². The minimum Gasteiger partial charge on any atom is -0.308 e. The van der Waals surface area contributed by atoms with Gasteiger partial charge in [0.15, 0.2) is 0 Å². The molecule has 0 radical (unpaired) electrons. The first-order valence-corrected chi connectivity index (χ1v) is 6.54. The predicted octanol–water partition coefficient (Wildman–Crippen LogP) is 3.52. The monoisotopic (exact) mass is 278 g/mol. The summed E-state index contributed by atoms with van der Waals surface area (Å²) in [5, 5.41) is 5.56. The Morgan fingerprint density at radius 1 is 0.905 bits per heavy atom. The Morgan fingerprint density at radius 3 is 2.29 bits per heavy atom. The maximum absolute atomic E-state index is 12.0. The van der Waals surface area contributed by atoms with Crippen molar-refractivity contribution in [2.45, 2.75) is 0 Å². The molecule has 0 spiro atoms. The number of imidazole rings is 1. The molecule has 2 N–H and O–H groups in total. The number of hydrogen-bond donors (Lipinski definition) is 2. The highest BCUT2D eigenvalue weighted by Gasteiger charge is 2.08. The molecule has 0 saturated heterocycles. The van der Waals surface area contributed by atoms with Crippen LogP contribution < -0.4 is 10.6 Å². The Morgan fingerprint density at radius 2 is 1.57 bits per heavy atom. The van der Waals surface area contributed by atoms with Gasteiger partial charge in [-0.3, -0.25) is 9.88 Å². The first-order valence-electron chi connectivity index (χ1n) is 6.54. The molecule has 21 heavy (non-hydrogen) atoms. The predicted molar refractivity (Wildman–Crippen MR) is 82.6 cm³/mol. The average molecular weight is 278 g/mol. The number of nitrogens with one attached hydrogen (secondary N) is 2. The van der Waals surface area contributed by atoms with Gasteiger partial charge in [-0.2, -0.15) is 0 Å². The SMILES string of the molecule is O=C(Nc1ccccc1)Nc1cncn1-c1ccccc1. The minimum absolute atomic E-state index is 0.307. The van der Waals surface area contributed by atoms with Gasteiger partial charge in [0.25, 0.3) is 0 Å². The minimum atomic E-state index is -0.307. The second-order valence-corrected chi connectivity index (χ2v) is 4.43. The van der Waals surface area contributed by atoms with Crippen LogP contribution in [0.25, 0.3) is 5.69 Å². The molecule has 0 aliphatic carbocycles. The molecule has 104 valence electrons. The first-order chi connectivity index (χ1) is 10.3. The van der Waals surface area contributed by atoms with E-state index in [0.717, 1.165) is 11.4 Å². The fraction of sp³-hybridized carbons (Fsp3) is 0. The Kier molecular flexibility index (Phi) is 3.64. The van der Waals surface area contributed by atoms with E-state index in [9.17, 15) is 4.79 Å². The largest absolute Gasteiger partial charge is 0.324 e. The van der Waals surface area contributed by atoms with Gasteiger partial charge in [0, 0.05) is 11.4 Å². The molecule has 3 rings (SSSR count). The lowest BCUT2D eigenvalue weighted by molar-refractivity contribution is 0.262. The third-order valence-corrected chi connectivity index (χ3v) is 2.95. The molecule has 0 saturated carbocycles. The summed E-state index contributed by atoms with van der Waals surface area (Å²) in [6.45, 7) is 0. The smallest absolute Gasteiger partial charge is 0.308 e. The highest BCUT2D eigenvalue weighted by Crippen LogP contribution is 2.15. The van der Waals surface area contributed by atoms with Crippen LogP contribution in [0.15, 0.2) is 73.2 Å². The molecule has 1 heterocycles. The summed E-state index contributed by atoms with van der Waals surface area (Å²) >= 11 is 0. The lowest BCUT2D eigenvalue weighted by atomic mass is 10.3. The van der Waals surface area contributed by atoms with Gasteiger partial charge in [-0.25, -0.2) is 9.78 Å². The van der Waals surface area contributed by atoms with Crippen LogP contribution in [-0.2, 0) is 0 Å². The molecule has 0 unspecified atom stereocenters. The van der Waals surface area contributed by atoms with E-state index in [1.165, 1.54) is 0 Å². The van der Waals surface area contributed by atoms with Crippen molar-refractivity contribution in [2.24, 2.45) is 0 Å². The summed E-state index contributed by atoms with van der Waals surface area (Å²) in [7, 11) is 0. The Balaban J connectivity index is 1.74. The highest BCUT2D eigenvalue weighted by atomic mass is 16.2. The van der Waals surface area contributed by atoms with Crippen LogP contribution in [0.1, 0.15) is 0 Å². The zero-order valence-electron chi connectivity index (χ0n) is 11.2. The third kappa shape index (κ3) is 3.09. The molecule has 1 aromatic heterocycles. The van der Waals surface area contributed by atoms with E-state index in [1.807, 2.05) is 65.2 Å². The van der Waals surface area contributed by atoms with Gasteiger partial charge in [-0.15, -0.1) is 0 Å². The van der Waals surface area contributed by atoms with Gasteiger partial charge in [-0.1, -0.05) is 36.4 Å². The number of rotatable bonds is 3. The molecule has 0 fully saturated rings. The van der Waals surface area contributed by atoms with E-state index in [4.69, 9.17) is 0 Å². The molecular formula is C16H14N4O. The molecule has 0 bridgehead atoms. The second kappa shape index (κ2) is 5.92. The quantitative estimate of drug-likeness (QED) is 0.770. The lowest BCUT2D eigenvalue weighted by Gasteiger charge is -2.10. The molecule has 5 heteroatoms. The molecule has 5 nitrogen and oxygen atoms in total. The summed E-state index contributed by atoms with van der Waals surface area (Å²) < 4.78 is 1.81. The number of carbonyl (C=O) groups is 1. The summed E-state index contributed by atoms with van der Waals surface area (Å²) in [5.41, 5.74) is 1.67. The first kappa shape index (κ1) is 12.9. The number of nitrogens with zero attached hydrogens (tertiary/aromatic N) is 2. The van der Waals surface area contributed by atoms with Crippen molar-refractivity contribution >= 4 is 17.5 Å².